The Balaban J connectivity index is 1.52. The fourth-order valence-electron chi connectivity index (χ4n) is 3.40. The van der Waals surface area contributed by atoms with Crippen molar-refractivity contribution in [3.8, 4) is 11.5 Å². The average molecular weight is 466 g/mol. The number of aromatic nitrogens is 1. The molecular formula is C24H24ClN5O3. The molecule has 1 aliphatic rings. The molecule has 0 aliphatic carbocycles. The zero-order valence-electron chi connectivity index (χ0n) is 18.2. The fraction of sp³-hybridized carbons (Fsp3) is 0.208. The maximum Gasteiger partial charge on any atom is 0.331 e. The minimum atomic E-state index is -0.765. The lowest BCUT2D eigenvalue weighted by molar-refractivity contribution is 0.0969. The van der Waals surface area contributed by atoms with Gasteiger partial charge >= 0.3 is 12.1 Å². The van der Waals surface area contributed by atoms with Crippen molar-refractivity contribution in [2.45, 2.75) is 32.7 Å². The first-order valence-electron chi connectivity index (χ1n) is 10.5. The van der Waals surface area contributed by atoms with Crippen LogP contribution in [0.1, 0.15) is 19.5 Å². The number of para-hydroxylation sites is 1. The van der Waals surface area contributed by atoms with Gasteiger partial charge in [-0.05, 0) is 62.4 Å². The molecule has 1 aliphatic heterocycles. The van der Waals surface area contributed by atoms with Gasteiger partial charge in [-0.1, -0.05) is 29.8 Å². The molecule has 1 unspecified atom stereocenters. The molecule has 0 radical (unpaired) electrons. The van der Waals surface area contributed by atoms with Gasteiger partial charge in [-0.15, -0.1) is 0 Å². The van der Waals surface area contributed by atoms with Crippen LogP contribution in [0, 0.1) is 0 Å². The van der Waals surface area contributed by atoms with E-state index < -0.39 is 18.4 Å². The first kappa shape index (κ1) is 22.4. The van der Waals surface area contributed by atoms with Gasteiger partial charge in [0.05, 0.1) is 17.3 Å². The molecule has 4 amide bonds. The van der Waals surface area contributed by atoms with E-state index in [4.69, 9.17) is 16.3 Å². The van der Waals surface area contributed by atoms with Crippen molar-refractivity contribution in [3.63, 3.8) is 0 Å². The summed E-state index contributed by atoms with van der Waals surface area (Å²) in [6, 6.07) is 19.0. The second-order valence-electron chi connectivity index (χ2n) is 7.78. The maximum absolute atomic E-state index is 13.2. The molecule has 1 saturated heterocycles. The van der Waals surface area contributed by atoms with Crippen LogP contribution in [0.25, 0.3) is 0 Å². The molecule has 170 valence electrons. The van der Waals surface area contributed by atoms with Crippen molar-refractivity contribution < 1.29 is 14.3 Å². The maximum atomic E-state index is 13.2. The van der Waals surface area contributed by atoms with Crippen LogP contribution >= 0.6 is 11.6 Å². The van der Waals surface area contributed by atoms with E-state index in [-0.39, 0.29) is 12.6 Å². The van der Waals surface area contributed by atoms with Crippen LogP contribution < -0.4 is 15.4 Å². The summed E-state index contributed by atoms with van der Waals surface area (Å²) < 4.78 is 5.82. The number of nitrogens with one attached hydrogen (secondary N) is 2. The van der Waals surface area contributed by atoms with Gasteiger partial charge in [-0.3, -0.25) is 15.2 Å². The zero-order valence-corrected chi connectivity index (χ0v) is 19.0. The number of benzene rings is 2. The molecule has 1 atom stereocenters. The van der Waals surface area contributed by atoms with Crippen molar-refractivity contribution in [3.05, 3.63) is 83.6 Å². The number of nitrogens with zero attached hydrogens (tertiary/aromatic N) is 3. The number of ether oxygens (including phenoxy) is 1. The van der Waals surface area contributed by atoms with E-state index in [0.29, 0.717) is 22.2 Å². The summed E-state index contributed by atoms with van der Waals surface area (Å²) in [4.78, 5) is 32.8. The highest BCUT2D eigenvalue weighted by Crippen LogP contribution is 2.24. The highest BCUT2D eigenvalue weighted by molar-refractivity contribution is 6.30. The molecule has 3 aromatic rings. The van der Waals surface area contributed by atoms with Crippen molar-refractivity contribution in [2.75, 3.05) is 5.32 Å². The highest BCUT2D eigenvalue weighted by Gasteiger charge is 2.39. The first-order chi connectivity index (χ1) is 15.9. The van der Waals surface area contributed by atoms with E-state index in [9.17, 15) is 9.59 Å². The number of halogens is 1. The Kier molecular flexibility index (Phi) is 6.65. The van der Waals surface area contributed by atoms with E-state index in [1.54, 1.807) is 26.0 Å². The van der Waals surface area contributed by atoms with Gasteiger partial charge in [0.15, 0.2) is 6.29 Å². The summed E-state index contributed by atoms with van der Waals surface area (Å²) in [6.45, 7) is 3.76. The third kappa shape index (κ3) is 5.35. The van der Waals surface area contributed by atoms with Gasteiger partial charge in [-0.25, -0.2) is 14.5 Å². The predicted molar refractivity (Wildman–Crippen MR) is 126 cm³/mol. The van der Waals surface area contributed by atoms with Crippen LogP contribution in [0.5, 0.6) is 11.5 Å². The van der Waals surface area contributed by atoms with Crippen molar-refractivity contribution in [2.24, 2.45) is 0 Å². The molecule has 1 fully saturated rings. The molecule has 0 bridgehead atoms. The molecule has 1 aromatic heterocycles. The molecule has 4 rings (SSSR count). The Morgan fingerprint density at radius 1 is 1.03 bits per heavy atom. The quantitative estimate of drug-likeness (QED) is 0.495. The predicted octanol–water partition coefficient (Wildman–Crippen LogP) is 5.28. The smallest absolute Gasteiger partial charge is 0.331 e. The molecule has 2 N–H and O–H groups in total. The molecule has 0 spiro atoms. The Morgan fingerprint density at radius 3 is 2.36 bits per heavy atom. The number of urea groups is 2. The van der Waals surface area contributed by atoms with Crippen LogP contribution in [0.4, 0.5) is 15.3 Å². The van der Waals surface area contributed by atoms with Gasteiger partial charge in [0.2, 0.25) is 0 Å². The lowest BCUT2D eigenvalue weighted by atomic mass is 10.2. The number of imide groups is 1. The number of carbonyl (C=O) groups excluding carboxylic acids is 2. The van der Waals surface area contributed by atoms with E-state index in [1.807, 2.05) is 54.6 Å². The summed E-state index contributed by atoms with van der Waals surface area (Å²) in [5, 5.41) is 6.58. The number of carbonyl (C=O) groups is 2. The zero-order chi connectivity index (χ0) is 23.4. The number of hydrogen-bond acceptors (Lipinski definition) is 5. The largest absolute Gasteiger partial charge is 0.457 e. The van der Waals surface area contributed by atoms with Gasteiger partial charge in [-0.2, -0.15) is 0 Å². The minimum Gasteiger partial charge on any atom is -0.457 e. The molecule has 2 heterocycles. The number of anilines is 1. The normalized spacial score (nSPS) is 16.1. The lowest BCUT2D eigenvalue weighted by Gasteiger charge is -2.42. The molecule has 0 saturated carbocycles. The van der Waals surface area contributed by atoms with Gasteiger partial charge < -0.3 is 10.1 Å². The van der Waals surface area contributed by atoms with Gasteiger partial charge in [0.25, 0.3) is 0 Å². The molecular weight excluding hydrogens is 442 g/mol. The molecule has 33 heavy (non-hydrogen) atoms. The summed E-state index contributed by atoms with van der Waals surface area (Å²) >= 11 is 5.94. The number of rotatable bonds is 7. The van der Waals surface area contributed by atoms with Crippen molar-refractivity contribution in [1.82, 2.24) is 20.1 Å². The second-order valence-corrected chi connectivity index (χ2v) is 8.21. The van der Waals surface area contributed by atoms with E-state index >= 15 is 0 Å². The van der Waals surface area contributed by atoms with Gasteiger partial charge in [0, 0.05) is 17.9 Å². The van der Waals surface area contributed by atoms with Crippen molar-refractivity contribution in [1.29, 1.82) is 0 Å². The SMILES string of the molecule is CC(C)N1C(=O)NC(Nc2ccc(Oc3ccccc3)cc2)N(Cc2ccc(Cl)cn2)C1=O. The van der Waals surface area contributed by atoms with Crippen LogP contribution in [0.2, 0.25) is 5.02 Å². The summed E-state index contributed by atoms with van der Waals surface area (Å²) in [5.74, 6) is 1.41. The van der Waals surface area contributed by atoms with E-state index in [2.05, 4.69) is 15.6 Å². The topological polar surface area (TPSA) is 86.8 Å². The number of amides is 4. The van der Waals surface area contributed by atoms with E-state index in [0.717, 1.165) is 5.75 Å². The van der Waals surface area contributed by atoms with Crippen LogP contribution in [0.15, 0.2) is 72.9 Å². The lowest BCUT2D eigenvalue weighted by Crippen LogP contribution is -2.68. The second kappa shape index (κ2) is 9.79. The molecule has 9 heteroatoms. The fourth-order valence-corrected chi connectivity index (χ4v) is 3.52. The van der Waals surface area contributed by atoms with Crippen molar-refractivity contribution >= 4 is 29.4 Å². The Bertz CT molecular complexity index is 1110. The van der Waals surface area contributed by atoms with Gasteiger partial charge in [0.1, 0.15) is 11.5 Å². The average Bonchev–Trinajstić information content (AvgIpc) is 2.79. The monoisotopic (exact) mass is 465 g/mol. The summed E-state index contributed by atoms with van der Waals surface area (Å²) in [6.07, 6.45) is 0.760. The third-order valence-corrected chi connectivity index (χ3v) is 5.24. The molecule has 8 nitrogen and oxygen atoms in total. The van der Waals surface area contributed by atoms with Crippen LogP contribution in [-0.2, 0) is 6.54 Å². The van der Waals surface area contributed by atoms with Crippen LogP contribution in [0.3, 0.4) is 0 Å². The Morgan fingerprint density at radius 2 is 1.73 bits per heavy atom. The number of hydrogen-bond donors (Lipinski definition) is 2. The van der Waals surface area contributed by atoms with Crippen LogP contribution in [-0.4, -0.2) is 39.2 Å². The third-order valence-electron chi connectivity index (χ3n) is 5.02. The highest BCUT2D eigenvalue weighted by atomic mass is 35.5. The summed E-state index contributed by atoms with van der Waals surface area (Å²) in [5.41, 5.74) is 1.35. The Labute approximate surface area is 197 Å². The molecule has 2 aromatic carbocycles. The first-order valence-corrected chi connectivity index (χ1v) is 10.9. The Hall–Kier alpha value is -3.78. The number of pyridine rings is 1. The minimum absolute atomic E-state index is 0.187. The standard InChI is InChI=1S/C24H24ClN5O3/c1-16(2)30-23(31)28-22(29(24(30)32)15-19-9-8-17(25)14-26-19)27-18-10-12-21(13-11-18)33-20-6-4-3-5-7-20/h3-14,16,22,27H,15H2,1-2H3,(H,28,31). The van der Waals surface area contributed by atoms with E-state index in [1.165, 1.54) is 16.0 Å². The summed E-state index contributed by atoms with van der Waals surface area (Å²) in [7, 11) is 0.